The number of hydrogen-bond acceptors (Lipinski definition) is 5. The van der Waals surface area contributed by atoms with E-state index < -0.39 is 35.8 Å². The third-order valence-corrected chi connectivity index (χ3v) is 3.62. The predicted octanol–water partition coefficient (Wildman–Crippen LogP) is 1.50. The number of esters is 2. The summed E-state index contributed by atoms with van der Waals surface area (Å²) in [5, 5.41) is 9.15. The summed E-state index contributed by atoms with van der Waals surface area (Å²) >= 11 is 0. The zero-order valence-corrected chi connectivity index (χ0v) is 11.5. The van der Waals surface area contributed by atoms with E-state index in [1.807, 2.05) is 0 Å². The average Bonchev–Trinajstić information content (AvgIpc) is 2.91. The van der Waals surface area contributed by atoms with Crippen molar-refractivity contribution in [3.8, 4) is 0 Å². The van der Waals surface area contributed by atoms with Gasteiger partial charge in [-0.3, -0.25) is 9.59 Å². The second-order valence-electron chi connectivity index (χ2n) is 4.94. The van der Waals surface area contributed by atoms with Gasteiger partial charge in [-0.15, -0.1) is 0 Å². The second kappa shape index (κ2) is 6.39. The van der Waals surface area contributed by atoms with Crippen molar-refractivity contribution in [2.24, 2.45) is 11.8 Å². The summed E-state index contributed by atoms with van der Waals surface area (Å²) in [7, 11) is 1.21. The Kier molecular flexibility index (Phi) is 4.57. The van der Waals surface area contributed by atoms with Gasteiger partial charge in [0.25, 0.3) is 0 Å². The number of carbonyl (C=O) groups excluding carboxylic acids is 2. The second-order valence-corrected chi connectivity index (χ2v) is 4.94. The molecule has 6 heteroatoms. The molecule has 0 bridgehead atoms. The molecule has 1 aromatic carbocycles. The summed E-state index contributed by atoms with van der Waals surface area (Å²) in [6.07, 6.45) is -0.307. The Morgan fingerprint density at radius 1 is 1.10 bits per heavy atom. The van der Waals surface area contributed by atoms with E-state index in [4.69, 9.17) is 9.84 Å². The van der Waals surface area contributed by atoms with Crippen molar-refractivity contribution in [3.63, 3.8) is 0 Å². The Morgan fingerprint density at radius 3 is 2.29 bits per heavy atom. The fraction of sp³-hybridized carbons (Fsp3) is 0.400. The molecule has 0 radical (unpaired) electrons. The van der Waals surface area contributed by atoms with Gasteiger partial charge in [-0.1, -0.05) is 18.2 Å². The number of carbonyl (C=O) groups is 3. The molecular weight excluding hydrogens is 276 g/mol. The molecule has 0 spiro atoms. The third-order valence-electron chi connectivity index (χ3n) is 3.62. The number of aliphatic carboxylic acids is 1. The Bertz CT molecular complexity index is 538. The molecule has 1 fully saturated rings. The minimum atomic E-state index is -1.08. The van der Waals surface area contributed by atoms with Crippen molar-refractivity contribution in [1.29, 1.82) is 0 Å². The maximum Gasteiger partial charge on any atom is 0.338 e. The van der Waals surface area contributed by atoms with Gasteiger partial charge in [-0.05, 0) is 25.0 Å². The summed E-state index contributed by atoms with van der Waals surface area (Å²) in [6.45, 7) is 0. The molecule has 3 atom stereocenters. The zero-order chi connectivity index (χ0) is 15.4. The van der Waals surface area contributed by atoms with Crippen LogP contribution in [0.1, 0.15) is 23.2 Å². The van der Waals surface area contributed by atoms with Crippen LogP contribution in [0.25, 0.3) is 0 Å². The maximum absolute atomic E-state index is 11.9. The van der Waals surface area contributed by atoms with Gasteiger partial charge < -0.3 is 14.6 Å². The largest absolute Gasteiger partial charge is 0.481 e. The predicted molar refractivity (Wildman–Crippen MR) is 71.5 cm³/mol. The lowest BCUT2D eigenvalue weighted by molar-refractivity contribution is -0.154. The molecule has 0 aliphatic heterocycles. The van der Waals surface area contributed by atoms with Crippen LogP contribution in [0.3, 0.4) is 0 Å². The minimum Gasteiger partial charge on any atom is -0.481 e. The molecule has 1 saturated carbocycles. The van der Waals surface area contributed by atoms with Gasteiger partial charge in [0.15, 0.2) is 0 Å². The summed E-state index contributed by atoms with van der Waals surface area (Å²) in [5.41, 5.74) is 0.394. The molecule has 0 amide bonds. The Labute approximate surface area is 121 Å². The van der Waals surface area contributed by atoms with Crippen LogP contribution in [0.4, 0.5) is 0 Å². The summed E-state index contributed by atoms with van der Waals surface area (Å²) < 4.78 is 9.90. The smallest absolute Gasteiger partial charge is 0.338 e. The van der Waals surface area contributed by atoms with E-state index in [2.05, 4.69) is 4.74 Å². The number of methoxy groups -OCH3 is 1. The molecule has 0 aromatic heterocycles. The van der Waals surface area contributed by atoms with E-state index >= 15 is 0 Å². The van der Waals surface area contributed by atoms with E-state index in [1.54, 1.807) is 30.3 Å². The molecule has 1 aliphatic rings. The van der Waals surface area contributed by atoms with Crippen LogP contribution >= 0.6 is 0 Å². The Balaban J connectivity index is 2.04. The van der Waals surface area contributed by atoms with E-state index in [0.29, 0.717) is 5.56 Å². The first-order valence-electron chi connectivity index (χ1n) is 6.59. The molecular formula is C15H16O6. The standard InChI is InChI=1S/C15H16O6/c1-20-15(19)12-8-10(7-11(12)13(16)17)21-14(18)9-5-3-2-4-6-9/h2-6,10-12H,7-8H2,1H3,(H,16,17). The number of ether oxygens (including phenoxy) is 2. The van der Waals surface area contributed by atoms with Gasteiger partial charge in [0.2, 0.25) is 0 Å². The quantitative estimate of drug-likeness (QED) is 0.846. The van der Waals surface area contributed by atoms with Crippen LogP contribution in [0, 0.1) is 11.8 Å². The lowest BCUT2D eigenvalue weighted by atomic mass is 9.97. The normalized spacial score (nSPS) is 24.3. The number of carboxylic acids is 1. The van der Waals surface area contributed by atoms with Crippen LogP contribution in [0.5, 0.6) is 0 Å². The fourth-order valence-corrected chi connectivity index (χ4v) is 2.57. The number of hydrogen-bond donors (Lipinski definition) is 1. The first kappa shape index (κ1) is 15.0. The first-order valence-corrected chi connectivity index (χ1v) is 6.59. The van der Waals surface area contributed by atoms with E-state index in [9.17, 15) is 14.4 Å². The Hall–Kier alpha value is -2.37. The van der Waals surface area contributed by atoms with Gasteiger partial charge in [0.1, 0.15) is 6.10 Å². The fourth-order valence-electron chi connectivity index (χ4n) is 2.57. The van der Waals surface area contributed by atoms with Crippen molar-refractivity contribution >= 4 is 17.9 Å². The monoisotopic (exact) mass is 292 g/mol. The highest BCUT2D eigenvalue weighted by molar-refractivity contribution is 5.89. The molecule has 0 saturated heterocycles. The molecule has 2 rings (SSSR count). The van der Waals surface area contributed by atoms with Crippen molar-refractivity contribution in [2.45, 2.75) is 18.9 Å². The average molecular weight is 292 g/mol. The minimum absolute atomic E-state index is 0.119. The van der Waals surface area contributed by atoms with E-state index in [0.717, 1.165) is 0 Å². The van der Waals surface area contributed by atoms with Crippen molar-refractivity contribution in [3.05, 3.63) is 35.9 Å². The van der Waals surface area contributed by atoms with Crippen molar-refractivity contribution in [1.82, 2.24) is 0 Å². The highest BCUT2D eigenvalue weighted by Crippen LogP contribution is 2.35. The van der Waals surface area contributed by atoms with E-state index in [1.165, 1.54) is 7.11 Å². The van der Waals surface area contributed by atoms with Gasteiger partial charge in [0, 0.05) is 0 Å². The highest BCUT2D eigenvalue weighted by atomic mass is 16.5. The van der Waals surface area contributed by atoms with Gasteiger partial charge in [-0.25, -0.2) is 4.79 Å². The molecule has 1 aromatic rings. The van der Waals surface area contributed by atoms with Gasteiger partial charge in [-0.2, -0.15) is 0 Å². The van der Waals surface area contributed by atoms with Crippen molar-refractivity contribution < 1.29 is 29.0 Å². The highest BCUT2D eigenvalue weighted by Gasteiger charge is 2.45. The molecule has 21 heavy (non-hydrogen) atoms. The van der Waals surface area contributed by atoms with Crippen LogP contribution < -0.4 is 0 Å². The van der Waals surface area contributed by atoms with Crippen LogP contribution in [0.15, 0.2) is 30.3 Å². The summed E-state index contributed by atoms with van der Waals surface area (Å²) in [5.74, 6) is -3.84. The SMILES string of the molecule is COC(=O)C1CC(OC(=O)c2ccccc2)CC1C(=O)O. The van der Waals surface area contributed by atoms with Crippen molar-refractivity contribution in [2.75, 3.05) is 7.11 Å². The molecule has 3 unspecified atom stereocenters. The molecule has 1 aliphatic carbocycles. The third kappa shape index (κ3) is 3.39. The summed E-state index contributed by atoms with van der Waals surface area (Å²) in [4.78, 5) is 34.7. The summed E-state index contributed by atoms with van der Waals surface area (Å²) in [6, 6.07) is 8.43. The van der Waals surface area contributed by atoms with Crippen LogP contribution in [0.2, 0.25) is 0 Å². The number of carboxylic acid groups (broad SMARTS) is 1. The Morgan fingerprint density at radius 2 is 1.71 bits per heavy atom. The zero-order valence-electron chi connectivity index (χ0n) is 11.5. The van der Waals surface area contributed by atoms with Crippen LogP contribution in [-0.4, -0.2) is 36.2 Å². The first-order chi connectivity index (χ1) is 10.0. The lowest BCUT2D eigenvalue weighted by Crippen LogP contribution is -2.26. The topological polar surface area (TPSA) is 89.9 Å². The molecule has 0 heterocycles. The molecule has 1 N–H and O–H groups in total. The van der Waals surface area contributed by atoms with Crippen LogP contribution in [-0.2, 0) is 19.1 Å². The van der Waals surface area contributed by atoms with Gasteiger partial charge in [0.05, 0.1) is 24.5 Å². The molecule has 112 valence electrons. The van der Waals surface area contributed by atoms with E-state index in [-0.39, 0.29) is 12.8 Å². The number of rotatable bonds is 4. The number of benzene rings is 1. The lowest BCUT2D eigenvalue weighted by Gasteiger charge is -2.12. The molecule has 6 nitrogen and oxygen atoms in total. The maximum atomic E-state index is 11.9. The van der Waals surface area contributed by atoms with Gasteiger partial charge >= 0.3 is 17.9 Å².